The minimum atomic E-state index is -0.957. The van der Waals surface area contributed by atoms with Gasteiger partial charge in [0.2, 0.25) is 11.8 Å². The molecule has 11 heteroatoms. The summed E-state index contributed by atoms with van der Waals surface area (Å²) in [4.78, 5) is 43.1. The number of nitrogens with zero attached hydrogens (tertiary/aromatic N) is 7. The Morgan fingerprint density at radius 1 is 1.09 bits per heavy atom. The van der Waals surface area contributed by atoms with Crippen molar-refractivity contribution in [2.24, 2.45) is 5.92 Å². The Kier molecular flexibility index (Phi) is 4.72. The Hall–Kier alpha value is -4.02. The summed E-state index contributed by atoms with van der Waals surface area (Å²) in [6.07, 6.45) is 0. The van der Waals surface area contributed by atoms with Gasteiger partial charge in [-0.05, 0) is 31.2 Å². The number of hydrogen-bond acceptors (Lipinski definition) is 7. The van der Waals surface area contributed by atoms with E-state index in [4.69, 9.17) is 0 Å². The summed E-state index contributed by atoms with van der Waals surface area (Å²) >= 11 is 0. The number of urea groups is 1. The second kappa shape index (κ2) is 7.59. The molecule has 5 rings (SSSR count). The smallest absolute Gasteiger partial charge is 0.328 e. The second-order valence-corrected chi connectivity index (χ2v) is 7.96. The molecule has 164 valence electrons. The van der Waals surface area contributed by atoms with Gasteiger partial charge in [-0.3, -0.25) is 9.59 Å². The number of amides is 4. The van der Waals surface area contributed by atoms with Crippen LogP contribution in [0, 0.1) is 12.8 Å². The first kappa shape index (κ1) is 19.9. The van der Waals surface area contributed by atoms with Gasteiger partial charge in [-0.15, -0.1) is 15.3 Å². The lowest BCUT2D eigenvalue weighted by atomic mass is 10.0. The molecule has 0 aliphatic carbocycles. The normalized spacial score (nSPS) is 19.1. The largest absolute Gasteiger partial charge is 0.351 e. The molecule has 1 N–H and O–H groups in total. The SMILES string of the molecule is Cc1nnc2ccc(N3CC(N(C)C(=O)C4CNC(=O)N(c5ccccc5)C4=O)C3)nn12. The van der Waals surface area contributed by atoms with Crippen LogP contribution in [-0.4, -0.2) is 75.3 Å². The van der Waals surface area contributed by atoms with Crippen molar-refractivity contribution in [2.45, 2.75) is 13.0 Å². The molecule has 0 bridgehead atoms. The molecular formula is C21H22N8O3. The zero-order valence-electron chi connectivity index (χ0n) is 17.7. The lowest BCUT2D eigenvalue weighted by Crippen LogP contribution is -2.64. The van der Waals surface area contributed by atoms with Crippen LogP contribution in [0.3, 0.4) is 0 Å². The molecule has 2 fully saturated rings. The number of aromatic nitrogens is 4. The van der Waals surface area contributed by atoms with E-state index in [-0.39, 0.29) is 18.5 Å². The molecule has 2 aliphatic heterocycles. The molecule has 2 aliphatic rings. The van der Waals surface area contributed by atoms with Crippen LogP contribution >= 0.6 is 0 Å². The van der Waals surface area contributed by atoms with Gasteiger partial charge >= 0.3 is 6.03 Å². The lowest BCUT2D eigenvalue weighted by molar-refractivity contribution is -0.142. The molecule has 1 aromatic carbocycles. The summed E-state index contributed by atoms with van der Waals surface area (Å²) in [5.74, 6) is -0.302. The van der Waals surface area contributed by atoms with Crippen molar-refractivity contribution in [1.29, 1.82) is 0 Å². The number of fused-ring (bicyclic) bond motifs is 1. The van der Waals surface area contributed by atoms with Crippen LogP contribution in [0.1, 0.15) is 5.82 Å². The van der Waals surface area contributed by atoms with Gasteiger partial charge < -0.3 is 15.1 Å². The maximum Gasteiger partial charge on any atom is 0.328 e. The van der Waals surface area contributed by atoms with E-state index in [1.165, 1.54) is 0 Å². The fourth-order valence-electron chi connectivity index (χ4n) is 3.99. The summed E-state index contributed by atoms with van der Waals surface area (Å²) < 4.78 is 1.68. The minimum absolute atomic E-state index is 0.00820. The Labute approximate surface area is 183 Å². The van der Waals surface area contributed by atoms with Crippen molar-refractivity contribution < 1.29 is 14.4 Å². The molecular weight excluding hydrogens is 412 g/mol. The molecule has 2 saturated heterocycles. The molecule has 4 heterocycles. The van der Waals surface area contributed by atoms with Crippen LogP contribution in [0.2, 0.25) is 0 Å². The first-order valence-electron chi connectivity index (χ1n) is 10.3. The molecule has 2 aromatic heterocycles. The van der Waals surface area contributed by atoms with E-state index in [1.807, 2.05) is 24.0 Å². The van der Waals surface area contributed by atoms with E-state index in [0.717, 1.165) is 10.7 Å². The zero-order chi connectivity index (χ0) is 22.4. The number of nitrogens with one attached hydrogen (secondary N) is 1. The van der Waals surface area contributed by atoms with Crippen LogP contribution in [0.25, 0.3) is 5.65 Å². The predicted molar refractivity (Wildman–Crippen MR) is 115 cm³/mol. The fraction of sp³-hybridized carbons (Fsp3) is 0.333. The number of likely N-dealkylation sites (N-methyl/N-ethyl adjacent to an activating group) is 1. The quantitative estimate of drug-likeness (QED) is 0.593. The van der Waals surface area contributed by atoms with E-state index < -0.39 is 17.9 Å². The van der Waals surface area contributed by atoms with Gasteiger partial charge in [-0.2, -0.15) is 4.52 Å². The van der Waals surface area contributed by atoms with Crippen molar-refractivity contribution in [3.05, 3.63) is 48.3 Å². The van der Waals surface area contributed by atoms with Gasteiger partial charge in [0.05, 0.1) is 11.7 Å². The standard InChI is InChI=1S/C21H22N8O3/c1-13-23-24-17-8-9-18(25-29(13)17)27-11-15(12-27)26(2)19(30)16-10-22-21(32)28(20(16)31)14-6-4-3-5-7-14/h3-9,15-16H,10-12H2,1-2H3,(H,22,32). The highest BCUT2D eigenvalue weighted by Crippen LogP contribution is 2.25. The predicted octanol–water partition coefficient (Wildman–Crippen LogP) is 0.452. The Balaban J connectivity index is 1.26. The van der Waals surface area contributed by atoms with Gasteiger partial charge in [0, 0.05) is 26.7 Å². The van der Waals surface area contributed by atoms with Crippen molar-refractivity contribution in [2.75, 3.05) is 36.5 Å². The maximum atomic E-state index is 13.1. The average molecular weight is 434 g/mol. The summed E-state index contributed by atoms with van der Waals surface area (Å²) in [6, 6.07) is 11.8. The summed E-state index contributed by atoms with van der Waals surface area (Å²) in [6.45, 7) is 3.02. The van der Waals surface area contributed by atoms with Gasteiger partial charge in [0.15, 0.2) is 11.5 Å². The Morgan fingerprint density at radius 3 is 2.59 bits per heavy atom. The van der Waals surface area contributed by atoms with Gasteiger partial charge in [0.25, 0.3) is 0 Å². The van der Waals surface area contributed by atoms with Crippen LogP contribution in [0.15, 0.2) is 42.5 Å². The number of rotatable bonds is 4. The average Bonchev–Trinajstić information content (AvgIpc) is 3.13. The molecule has 4 amide bonds. The molecule has 32 heavy (non-hydrogen) atoms. The third kappa shape index (κ3) is 3.22. The third-order valence-corrected chi connectivity index (χ3v) is 5.98. The van der Waals surface area contributed by atoms with Crippen molar-refractivity contribution in [3.63, 3.8) is 0 Å². The van der Waals surface area contributed by atoms with Gasteiger partial charge in [-0.25, -0.2) is 9.69 Å². The number of hydrogen-bond donors (Lipinski definition) is 1. The van der Waals surface area contributed by atoms with E-state index in [1.54, 1.807) is 46.8 Å². The highest BCUT2D eigenvalue weighted by atomic mass is 16.2. The number of benzene rings is 1. The Morgan fingerprint density at radius 2 is 1.84 bits per heavy atom. The van der Waals surface area contributed by atoms with Gasteiger partial charge in [-0.1, -0.05) is 18.2 Å². The maximum absolute atomic E-state index is 13.1. The zero-order valence-corrected chi connectivity index (χ0v) is 17.7. The highest BCUT2D eigenvalue weighted by Gasteiger charge is 2.43. The number of carbonyl (C=O) groups is 3. The molecule has 3 aromatic rings. The summed E-state index contributed by atoms with van der Waals surface area (Å²) in [5.41, 5.74) is 1.12. The molecule has 11 nitrogen and oxygen atoms in total. The number of aryl methyl sites for hydroxylation is 1. The van der Waals surface area contributed by atoms with Crippen LogP contribution in [0.4, 0.5) is 16.3 Å². The molecule has 1 atom stereocenters. The van der Waals surface area contributed by atoms with Gasteiger partial charge in [0.1, 0.15) is 11.7 Å². The van der Waals surface area contributed by atoms with Crippen LogP contribution in [-0.2, 0) is 9.59 Å². The monoisotopic (exact) mass is 434 g/mol. The number of carbonyl (C=O) groups excluding carboxylic acids is 3. The van der Waals surface area contributed by atoms with Crippen molar-refractivity contribution >= 4 is 35.0 Å². The second-order valence-electron chi connectivity index (χ2n) is 7.96. The van der Waals surface area contributed by atoms with Crippen molar-refractivity contribution in [3.8, 4) is 0 Å². The summed E-state index contributed by atoms with van der Waals surface area (Å²) in [7, 11) is 1.70. The molecule has 1 unspecified atom stereocenters. The Bertz CT molecular complexity index is 1200. The van der Waals surface area contributed by atoms with Crippen molar-refractivity contribution in [1.82, 2.24) is 30.0 Å². The van der Waals surface area contributed by atoms with Crippen LogP contribution < -0.4 is 15.1 Å². The van der Waals surface area contributed by atoms with E-state index in [2.05, 4.69) is 20.6 Å². The minimum Gasteiger partial charge on any atom is -0.351 e. The molecule has 0 radical (unpaired) electrons. The lowest BCUT2D eigenvalue weighted by Gasteiger charge is -2.45. The third-order valence-electron chi connectivity index (χ3n) is 5.98. The fourth-order valence-corrected chi connectivity index (χ4v) is 3.99. The number of para-hydroxylation sites is 1. The topological polar surface area (TPSA) is 116 Å². The number of anilines is 2. The van der Waals surface area contributed by atoms with E-state index in [0.29, 0.717) is 30.2 Å². The van der Waals surface area contributed by atoms with E-state index >= 15 is 0 Å². The first-order chi connectivity index (χ1) is 15.4. The number of imide groups is 1. The highest BCUT2D eigenvalue weighted by molar-refractivity contribution is 6.21. The van der Waals surface area contributed by atoms with Crippen LogP contribution in [0.5, 0.6) is 0 Å². The first-order valence-corrected chi connectivity index (χ1v) is 10.3. The van der Waals surface area contributed by atoms with E-state index in [9.17, 15) is 14.4 Å². The molecule has 0 spiro atoms. The summed E-state index contributed by atoms with van der Waals surface area (Å²) in [5, 5.41) is 15.3. The molecule has 0 saturated carbocycles.